The second kappa shape index (κ2) is 5.32. The fourth-order valence-corrected chi connectivity index (χ4v) is 1.67. The predicted octanol–water partition coefficient (Wildman–Crippen LogP) is 2.64. The largest absolute Gasteiger partial charge is 0.480 e. The molecule has 16 heavy (non-hydrogen) atoms. The van der Waals surface area contributed by atoms with Gasteiger partial charge in [-0.1, -0.05) is 30.7 Å². The van der Waals surface area contributed by atoms with Crippen molar-refractivity contribution in [1.29, 1.82) is 0 Å². The molecule has 1 unspecified atom stereocenters. The Hall–Kier alpha value is -1.06. The lowest BCUT2D eigenvalue weighted by atomic mass is 9.92. The van der Waals surface area contributed by atoms with Gasteiger partial charge in [-0.3, -0.25) is 5.32 Å². The fourth-order valence-electron chi connectivity index (χ4n) is 1.48. The van der Waals surface area contributed by atoms with E-state index in [-0.39, 0.29) is 0 Å². The van der Waals surface area contributed by atoms with E-state index in [0.29, 0.717) is 17.1 Å². The van der Waals surface area contributed by atoms with Gasteiger partial charge in [0.15, 0.2) is 0 Å². The highest BCUT2D eigenvalue weighted by Crippen LogP contribution is 2.23. The third kappa shape index (κ3) is 2.74. The van der Waals surface area contributed by atoms with Crippen LogP contribution in [0.15, 0.2) is 24.3 Å². The Morgan fingerprint density at radius 3 is 2.75 bits per heavy atom. The summed E-state index contributed by atoms with van der Waals surface area (Å²) in [6.45, 7) is 4.29. The first-order valence-corrected chi connectivity index (χ1v) is 5.63. The molecule has 0 aliphatic carbocycles. The first-order chi connectivity index (χ1) is 7.50. The highest BCUT2D eigenvalue weighted by Gasteiger charge is 2.34. The van der Waals surface area contributed by atoms with Crippen LogP contribution in [0.25, 0.3) is 0 Å². The Kier molecular flexibility index (Phi) is 4.33. The molecule has 0 heterocycles. The van der Waals surface area contributed by atoms with Crippen LogP contribution in [0.1, 0.15) is 25.8 Å². The van der Waals surface area contributed by atoms with Gasteiger partial charge < -0.3 is 5.11 Å². The second-order valence-corrected chi connectivity index (χ2v) is 4.30. The van der Waals surface area contributed by atoms with Crippen LogP contribution < -0.4 is 5.32 Å². The van der Waals surface area contributed by atoms with Crippen LogP contribution in [0.4, 0.5) is 0 Å². The van der Waals surface area contributed by atoms with Crippen LogP contribution in [0, 0.1) is 0 Å². The molecule has 0 amide bonds. The summed E-state index contributed by atoms with van der Waals surface area (Å²) in [5.74, 6) is -0.900. The molecule has 3 nitrogen and oxygen atoms in total. The molecule has 1 aromatic rings. The van der Waals surface area contributed by atoms with Crippen molar-refractivity contribution in [2.75, 3.05) is 6.54 Å². The number of aliphatic carboxylic acids is 1. The molecule has 0 radical (unpaired) electrons. The van der Waals surface area contributed by atoms with Crippen LogP contribution in [-0.4, -0.2) is 17.6 Å². The average Bonchev–Trinajstić information content (AvgIpc) is 2.25. The van der Waals surface area contributed by atoms with Crippen molar-refractivity contribution in [1.82, 2.24) is 5.32 Å². The van der Waals surface area contributed by atoms with Gasteiger partial charge in [0.25, 0.3) is 0 Å². The summed E-state index contributed by atoms with van der Waals surface area (Å²) >= 11 is 5.87. The number of nitrogens with one attached hydrogen (secondary N) is 1. The summed E-state index contributed by atoms with van der Waals surface area (Å²) in [5, 5.41) is 12.9. The lowest BCUT2D eigenvalue weighted by molar-refractivity contribution is -0.144. The Morgan fingerprint density at radius 1 is 1.56 bits per heavy atom. The highest BCUT2D eigenvalue weighted by atomic mass is 35.5. The van der Waals surface area contributed by atoms with Crippen molar-refractivity contribution in [2.45, 2.75) is 25.8 Å². The molecule has 0 aromatic heterocycles. The highest BCUT2D eigenvalue weighted by molar-refractivity contribution is 6.30. The summed E-state index contributed by atoms with van der Waals surface area (Å²) in [7, 11) is 0. The maximum Gasteiger partial charge on any atom is 0.328 e. The predicted molar refractivity (Wildman–Crippen MR) is 64.7 cm³/mol. The number of benzene rings is 1. The van der Waals surface area contributed by atoms with Gasteiger partial charge >= 0.3 is 5.97 Å². The van der Waals surface area contributed by atoms with Crippen molar-refractivity contribution in [3.63, 3.8) is 0 Å². The quantitative estimate of drug-likeness (QED) is 0.833. The van der Waals surface area contributed by atoms with E-state index >= 15 is 0 Å². The minimum absolute atomic E-state index is 0.545. The standard InChI is InChI=1S/C12H16ClNO2/c1-3-7-14-12(2,11(15)16)9-5-4-6-10(13)8-9/h4-6,8,14H,3,7H2,1-2H3,(H,15,16). The lowest BCUT2D eigenvalue weighted by Crippen LogP contribution is -2.46. The monoisotopic (exact) mass is 241 g/mol. The van der Waals surface area contributed by atoms with Gasteiger partial charge in [0.2, 0.25) is 0 Å². The maximum absolute atomic E-state index is 11.3. The number of carboxylic acids is 1. The molecule has 0 aliphatic heterocycles. The van der Waals surface area contributed by atoms with Gasteiger partial charge in [-0.05, 0) is 37.6 Å². The Bertz CT molecular complexity index is 381. The molecule has 0 saturated heterocycles. The fraction of sp³-hybridized carbons (Fsp3) is 0.417. The Labute approximate surface area is 100 Å². The molecular weight excluding hydrogens is 226 g/mol. The van der Waals surface area contributed by atoms with Gasteiger partial charge in [0.05, 0.1) is 0 Å². The summed E-state index contributed by atoms with van der Waals surface area (Å²) in [6.07, 6.45) is 0.878. The van der Waals surface area contributed by atoms with E-state index < -0.39 is 11.5 Å². The van der Waals surface area contributed by atoms with E-state index in [0.717, 1.165) is 6.42 Å². The number of halogens is 1. The van der Waals surface area contributed by atoms with Gasteiger partial charge in [-0.2, -0.15) is 0 Å². The normalized spacial score (nSPS) is 14.4. The number of hydrogen-bond donors (Lipinski definition) is 2. The SMILES string of the molecule is CCCNC(C)(C(=O)O)c1cccc(Cl)c1. The Balaban J connectivity index is 3.06. The van der Waals surface area contributed by atoms with Crippen molar-refractivity contribution in [2.24, 2.45) is 0 Å². The third-order valence-electron chi connectivity index (χ3n) is 2.56. The van der Waals surface area contributed by atoms with Gasteiger partial charge in [-0.15, -0.1) is 0 Å². The molecule has 0 fully saturated rings. The summed E-state index contributed by atoms with van der Waals surface area (Å²) in [5.41, 5.74) is -0.415. The van der Waals surface area contributed by atoms with E-state index in [1.165, 1.54) is 0 Å². The molecule has 0 saturated carbocycles. The molecule has 4 heteroatoms. The number of carboxylic acid groups (broad SMARTS) is 1. The minimum atomic E-state index is -1.08. The molecule has 2 N–H and O–H groups in total. The van der Waals surface area contributed by atoms with Gasteiger partial charge in [0, 0.05) is 5.02 Å². The molecule has 1 atom stereocenters. The molecule has 0 spiro atoms. The Morgan fingerprint density at radius 2 is 2.25 bits per heavy atom. The maximum atomic E-state index is 11.3. The number of carbonyl (C=O) groups is 1. The van der Waals surface area contributed by atoms with Crippen molar-refractivity contribution < 1.29 is 9.90 Å². The molecule has 1 aromatic carbocycles. The van der Waals surface area contributed by atoms with E-state index in [1.807, 2.05) is 6.92 Å². The first kappa shape index (κ1) is 13.0. The van der Waals surface area contributed by atoms with Crippen LogP contribution in [-0.2, 0) is 10.3 Å². The summed E-state index contributed by atoms with van der Waals surface area (Å²) in [4.78, 5) is 11.3. The lowest BCUT2D eigenvalue weighted by Gasteiger charge is -2.26. The molecule has 0 bridgehead atoms. The second-order valence-electron chi connectivity index (χ2n) is 3.87. The average molecular weight is 242 g/mol. The third-order valence-corrected chi connectivity index (χ3v) is 2.79. The van der Waals surface area contributed by atoms with Gasteiger partial charge in [0.1, 0.15) is 5.54 Å². The minimum Gasteiger partial charge on any atom is -0.480 e. The summed E-state index contributed by atoms with van der Waals surface area (Å²) < 4.78 is 0. The molecule has 1 rings (SSSR count). The van der Waals surface area contributed by atoms with E-state index in [4.69, 9.17) is 11.6 Å². The molecule has 0 aliphatic rings. The van der Waals surface area contributed by atoms with Crippen LogP contribution in [0.2, 0.25) is 5.02 Å². The topological polar surface area (TPSA) is 49.3 Å². The summed E-state index contributed by atoms with van der Waals surface area (Å²) in [6, 6.07) is 6.93. The zero-order chi connectivity index (χ0) is 12.2. The van der Waals surface area contributed by atoms with E-state index in [2.05, 4.69) is 5.32 Å². The van der Waals surface area contributed by atoms with Crippen LogP contribution in [0.3, 0.4) is 0 Å². The first-order valence-electron chi connectivity index (χ1n) is 5.25. The van der Waals surface area contributed by atoms with Crippen LogP contribution in [0.5, 0.6) is 0 Å². The van der Waals surface area contributed by atoms with E-state index in [1.54, 1.807) is 31.2 Å². The smallest absolute Gasteiger partial charge is 0.328 e. The van der Waals surface area contributed by atoms with E-state index in [9.17, 15) is 9.90 Å². The van der Waals surface area contributed by atoms with Crippen molar-refractivity contribution in [3.05, 3.63) is 34.9 Å². The zero-order valence-corrected chi connectivity index (χ0v) is 10.2. The molecule has 88 valence electrons. The number of rotatable bonds is 5. The zero-order valence-electron chi connectivity index (χ0n) is 9.46. The molecular formula is C12H16ClNO2. The van der Waals surface area contributed by atoms with Crippen molar-refractivity contribution in [3.8, 4) is 0 Å². The van der Waals surface area contributed by atoms with Crippen molar-refractivity contribution >= 4 is 17.6 Å². The number of hydrogen-bond acceptors (Lipinski definition) is 2. The van der Waals surface area contributed by atoms with Gasteiger partial charge in [-0.25, -0.2) is 4.79 Å². The van der Waals surface area contributed by atoms with Crippen LogP contribution >= 0.6 is 11.6 Å².